The number of rotatable bonds is 0. The summed E-state index contributed by atoms with van der Waals surface area (Å²) in [6.07, 6.45) is 10.0. The van der Waals surface area contributed by atoms with Crippen molar-refractivity contribution in [3.05, 3.63) is 59.7 Å². The SMILES string of the molecule is CC(C)(C)[NH-].C[SiH]C.Cl.Cl.[C-]1=CC=CC1.[CH3-].[CH3-].[CH3-].[CH3-].[Zr]. The topological polar surface area (TPSA) is 23.8 Å². The third-order valence-electron chi connectivity index (χ3n) is 0.586. The molecule has 1 radical (unpaired) electrons. The third kappa shape index (κ3) is 168. The first-order valence-electron chi connectivity index (χ1n) is 4.62. The second-order valence-corrected chi connectivity index (χ2v) is 4.99. The van der Waals surface area contributed by atoms with Gasteiger partial charge in [-0.25, -0.2) is 12.2 Å². The summed E-state index contributed by atoms with van der Waals surface area (Å²) in [5.74, 6) is 0. The summed E-state index contributed by atoms with van der Waals surface area (Å²) in [7, 11) is 0.750. The second kappa shape index (κ2) is 42.7. The molecule has 0 heterocycles. The Morgan fingerprint density at radius 1 is 1.00 bits per heavy atom. The molecule has 1 N–H and O–H groups in total. The van der Waals surface area contributed by atoms with Gasteiger partial charge in [-0.05, 0) is 0 Å². The first kappa shape index (κ1) is 58.2. The monoisotopic (exact) mass is 418 g/mol. The van der Waals surface area contributed by atoms with Crippen molar-refractivity contribution in [2.45, 2.75) is 45.8 Å². The van der Waals surface area contributed by atoms with Crippen LogP contribution in [0.2, 0.25) is 13.1 Å². The van der Waals surface area contributed by atoms with E-state index in [-0.39, 0.29) is 86.3 Å². The first-order chi connectivity index (χ1) is 5.91. The summed E-state index contributed by atoms with van der Waals surface area (Å²) in [4.78, 5) is 0. The van der Waals surface area contributed by atoms with Crippen molar-refractivity contribution < 1.29 is 26.2 Å². The number of halogens is 2. The zero-order valence-corrected chi connectivity index (χ0v) is 20.1. The van der Waals surface area contributed by atoms with Gasteiger partial charge in [-0.2, -0.15) is 6.08 Å². The van der Waals surface area contributed by atoms with Crippen molar-refractivity contribution in [3.8, 4) is 0 Å². The van der Waals surface area contributed by atoms with E-state index >= 15 is 0 Å². The van der Waals surface area contributed by atoms with Gasteiger partial charge in [0.25, 0.3) is 0 Å². The molecule has 0 amide bonds. The molecule has 20 heavy (non-hydrogen) atoms. The molecule has 0 atom stereocenters. The van der Waals surface area contributed by atoms with Crippen LogP contribution < -0.4 is 0 Å². The smallest absolute Gasteiger partial charge is 0.0213 e. The van der Waals surface area contributed by atoms with E-state index in [1.165, 1.54) is 0 Å². The molecule has 1 aliphatic carbocycles. The van der Waals surface area contributed by atoms with Gasteiger partial charge in [0.2, 0.25) is 0 Å². The average Bonchev–Trinajstić information content (AvgIpc) is 2.36. The van der Waals surface area contributed by atoms with E-state index in [1.807, 2.05) is 32.9 Å². The predicted octanol–water partition coefficient (Wildman–Crippen LogP) is 6.30. The standard InChI is InChI=1S/C5H5.C4H10N.C2H7Si.4CH3.2ClH.Zr/c1-2-4-5-3-1;1-4(2,3)5;1-3-2;;;;;;;/h1-3H,4H2;5H,1-3H3;3H,1-2H3;4*1H3;2*1H;/q2*-1;;4*-1;;;. The zero-order chi connectivity index (χ0) is 10.7. The van der Waals surface area contributed by atoms with Gasteiger partial charge in [0.1, 0.15) is 0 Å². The molecule has 0 saturated carbocycles. The molecule has 0 bridgehead atoms. The average molecular weight is 421 g/mol. The predicted molar refractivity (Wildman–Crippen MR) is 105 cm³/mol. The molecule has 1 nitrogen and oxygen atoms in total. The Hall–Kier alpha value is 1.12. The van der Waals surface area contributed by atoms with Crippen molar-refractivity contribution in [1.82, 2.24) is 0 Å². The van der Waals surface area contributed by atoms with Crippen molar-refractivity contribution in [2.75, 3.05) is 0 Å². The molecule has 0 spiro atoms. The summed E-state index contributed by atoms with van der Waals surface area (Å²) in [6, 6.07) is 0. The summed E-state index contributed by atoms with van der Waals surface area (Å²) < 4.78 is 0. The largest absolute Gasteiger partial charge is 0.673 e. The van der Waals surface area contributed by atoms with Crippen molar-refractivity contribution in [3.63, 3.8) is 0 Å². The minimum atomic E-state index is -0.250. The van der Waals surface area contributed by atoms with Gasteiger partial charge in [0, 0.05) is 35.7 Å². The maximum absolute atomic E-state index is 6.94. The van der Waals surface area contributed by atoms with Crippen LogP contribution in [0, 0.1) is 35.8 Å². The second-order valence-electron chi connectivity index (χ2n) is 3.83. The number of nitrogens with one attached hydrogen (secondary N) is 1. The minimum absolute atomic E-state index is 0. The Bertz CT molecular complexity index is 142. The van der Waals surface area contributed by atoms with Crippen molar-refractivity contribution in [2.24, 2.45) is 0 Å². The molecule has 0 unspecified atom stereocenters. The van der Waals surface area contributed by atoms with E-state index in [9.17, 15) is 0 Å². The van der Waals surface area contributed by atoms with E-state index in [2.05, 4.69) is 25.2 Å². The van der Waals surface area contributed by atoms with Crippen LogP contribution in [-0.4, -0.2) is 15.1 Å². The van der Waals surface area contributed by atoms with Gasteiger partial charge in [-0.1, -0.05) is 33.9 Å². The molecule has 1 rings (SSSR count). The Labute approximate surface area is 165 Å². The molecule has 0 saturated heterocycles. The fourth-order valence-electron chi connectivity index (χ4n) is 0.340. The van der Waals surface area contributed by atoms with Crippen molar-refractivity contribution >= 4 is 34.3 Å². The van der Waals surface area contributed by atoms with Crippen molar-refractivity contribution in [1.29, 1.82) is 0 Å². The maximum atomic E-state index is 6.94. The van der Waals surface area contributed by atoms with Crippen LogP contribution >= 0.6 is 24.8 Å². The summed E-state index contributed by atoms with van der Waals surface area (Å²) in [6.45, 7) is 9.98. The van der Waals surface area contributed by atoms with Gasteiger partial charge in [0.15, 0.2) is 0 Å². The quantitative estimate of drug-likeness (QED) is 0.324. The first-order valence-corrected chi connectivity index (χ1v) is 6.93. The van der Waals surface area contributed by atoms with Crippen LogP contribution in [0.3, 0.4) is 0 Å². The molecule has 0 aliphatic heterocycles. The fourth-order valence-corrected chi connectivity index (χ4v) is 0.340. The van der Waals surface area contributed by atoms with E-state index in [0.29, 0.717) is 0 Å². The van der Waals surface area contributed by atoms with Crippen LogP contribution in [0.5, 0.6) is 0 Å². The maximum Gasteiger partial charge on any atom is 0.0213 e. The third-order valence-corrected chi connectivity index (χ3v) is 0.586. The van der Waals surface area contributed by atoms with Crippen LogP contribution in [0.15, 0.2) is 18.2 Å². The van der Waals surface area contributed by atoms with E-state index < -0.39 is 0 Å². The summed E-state index contributed by atoms with van der Waals surface area (Å²) in [5, 5.41) is 0. The summed E-state index contributed by atoms with van der Waals surface area (Å²) in [5.41, 5.74) is 6.69. The Morgan fingerprint density at radius 3 is 1.30 bits per heavy atom. The Kier molecular flexibility index (Phi) is 124. The Morgan fingerprint density at radius 2 is 1.25 bits per heavy atom. The number of hydrogen-bond acceptors (Lipinski definition) is 0. The van der Waals surface area contributed by atoms with Gasteiger partial charge in [0.05, 0.1) is 0 Å². The van der Waals surface area contributed by atoms with Gasteiger partial charge in [-0.3, -0.25) is 6.08 Å². The molecule has 0 aromatic heterocycles. The van der Waals surface area contributed by atoms with Gasteiger partial charge >= 0.3 is 0 Å². The van der Waals surface area contributed by atoms with Crippen LogP contribution in [-0.2, 0) is 26.2 Å². The Balaban J connectivity index is -0.0000000113. The van der Waals surface area contributed by atoms with Crippen LogP contribution in [0.4, 0.5) is 0 Å². The fraction of sp³-hybridized carbons (Fsp3) is 0.467. The molecule has 0 fully saturated rings. The molecule has 5 heteroatoms. The molecular formula is C15H36Cl2NSiZr-6. The zero-order valence-electron chi connectivity index (χ0n) is 14.8. The molecule has 1 aliphatic rings. The molecular weight excluding hydrogens is 384 g/mol. The molecule has 0 aromatic carbocycles. The molecule has 129 valence electrons. The number of hydrogen-bond donors (Lipinski definition) is 0. The van der Waals surface area contributed by atoms with Crippen LogP contribution in [0.1, 0.15) is 27.2 Å². The van der Waals surface area contributed by atoms with Gasteiger partial charge in [-0.15, -0.1) is 36.8 Å². The number of allylic oxidation sites excluding steroid dienone is 4. The normalized spacial score (nSPS) is 8.30. The van der Waals surface area contributed by atoms with E-state index in [1.54, 1.807) is 0 Å². The van der Waals surface area contributed by atoms with E-state index in [4.69, 9.17) is 5.73 Å². The summed E-state index contributed by atoms with van der Waals surface area (Å²) >= 11 is 0. The molecule has 0 aromatic rings. The van der Waals surface area contributed by atoms with Crippen LogP contribution in [0.25, 0.3) is 5.73 Å². The van der Waals surface area contributed by atoms with Gasteiger partial charge < -0.3 is 35.4 Å². The minimum Gasteiger partial charge on any atom is -0.673 e. The van der Waals surface area contributed by atoms with E-state index in [0.717, 1.165) is 15.9 Å².